The van der Waals surface area contributed by atoms with Crippen LogP contribution < -0.4 is 15.1 Å². The van der Waals surface area contributed by atoms with E-state index in [1.54, 1.807) is 45.0 Å². The number of cyclic esters (lactones) is 4. The summed E-state index contributed by atoms with van der Waals surface area (Å²) in [5.41, 5.74) is 3.06. The minimum Gasteiger partial charge on any atom is -0.481 e. The Labute approximate surface area is 491 Å². The number of methoxy groups -OCH3 is 4. The largest absolute Gasteiger partial charge is 0.481 e. The number of ether oxygens (including phenoxy) is 8. The molecule has 1 amide bonds. The van der Waals surface area contributed by atoms with Gasteiger partial charge in [-0.25, -0.2) is 0 Å². The number of carbonyl (C=O) groups excluding carboxylic acids is 8. The molecular formula is C59H89N3O22. The molecular weight excluding hydrogens is 1100 g/mol. The van der Waals surface area contributed by atoms with Gasteiger partial charge in [0.1, 0.15) is 6.61 Å². The molecule has 2 aromatic rings. The van der Waals surface area contributed by atoms with Gasteiger partial charge in [-0.15, -0.1) is 0 Å². The summed E-state index contributed by atoms with van der Waals surface area (Å²) in [5.74, 6) is -17.3. The highest BCUT2D eigenvalue weighted by molar-refractivity contribution is 5.98. The summed E-state index contributed by atoms with van der Waals surface area (Å²) in [4.78, 5) is 128. The number of amides is 1. The van der Waals surface area contributed by atoms with E-state index in [4.69, 9.17) is 43.4 Å². The van der Waals surface area contributed by atoms with Crippen LogP contribution in [0.4, 0.5) is 11.4 Å². The monoisotopic (exact) mass is 1190 g/mol. The lowest BCUT2D eigenvalue weighted by Crippen LogP contribution is -2.47. The third-order valence-electron chi connectivity index (χ3n) is 14.2. The number of rotatable bonds is 31. The SMILES string of the molecule is CCC(OC)C1C(=O)OC(=O)C1C.CCO.CCOC(=O)C(C(CC(C(=O)O)C(C(=O)OCCNC(=O)c1ccc(N(C)C)cc1)C(CC)OC)OC)C(CC(OC)C1C(=O)OC(=O)C1C)C(=O)O.CN(C)c1ccc(C(=O)CCCO)cc1. The molecule has 0 radical (unpaired) electrons. The van der Waals surface area contributed by atoms with Crippen LogP contribution in [0, 0.1) is 47.3 Å². The van der Waals surface area contributed by atoms with Crippen molar-refractivity contribution in [2.45, 2.75) is 104 Å². The maximum Gasteiger partial charge on any atom is 0.320 e. The molecule has 0 saturated carbocycles. The van der Waals surface area contributed by atoms with Gasteiger partial charge in [0.15, 0.2) is 5.78 Å². The van der Waals surface area contributed by atoms with Gasteiger partial charge in [-0.05, 0) is 94.5 Å². The van der Waals surface area contributed by atoms with E-state index >= 15 is 0 Å². The van der Waals surface area contributed by atoms with Crippen LogP contribution in [0.2, 0.25) is 0 Å². The van der Waals surface area contributed by atoms with E-state index in [2.05, 4.69) is 10.1 Å². The zero-order valence-electron chi connectivity index (χ0n) is 50.9. The molecule has 2 heterocycles. The van der Waals surface area contributed by atoms with Crippen LogP contribution in [0.25, 0.3) is 0 Å². The van der Waals surface area contributed by atoms with E-state index in [1.165, 1.54) is 35.2 Å². The van der Waals surface area contributed by atoms with Crippen molar-refractivity contribution in [2.75, 3.05) is 99.4 Å². The van der Waals surface area contributed by atoms with E-state index in [1.807, 2.05) is 69.2 Å². The number of nitrogens with zero attached hydrogens (tertiary/aromatic N) is 2. The van der Waals surface area contributed by atoms with Crippen LogP contribution >= 0.6 is 0 Å². The van der Waals surface area contributed by atoms with Gasteiger partial charge < -0.3 is 73.4 Å². The first-order valence-electron chi connectivity index (χ1n) is 27.7. The third kappa shape index (κ3) is 22.6. The second-order valence-electron chi connectivity index (χ2n) is 20.1. The van der Waals surface area contributed by atoms with Crippen molar-refractivity contribution in [3.8, 4) is 0 Å². The Morgan fingerprint density at radius 2 is 1.01 bits per heavy atom. The van der Waals surface area contributed by atoms with Crippen LogP contribution in [0.1, 0.15) is 101 Å². The van der Waals surface area contributed by atoms with Crippen molar-refractivity contribution in [3.05, 3.63) is 59.7 Å². The van der Waals surface area contributed by atoms with Gasteiger partial charge in [0.2, 0.25) is 0 Å². The first kappa shape index (κ1) is 75.1. The van der Waals surface area contributed by atoms with Crippen LogP contribution in [0.3, 0.4) is 0 Å². The zero-order chi connectivity index (χ0) is 64.0. The second kappa shape index (κ2) is 38.9. The molecule has 2 fully saturated rings. The van der Waals surface area contributed by atoms with Gasteiger partial charge >= 0.3 is 47.8 Å². The summed E-state index contributed by atoms with van der Waals surface area (Å²) < 4.78 is 41.5. The highest BCUT2D eigenvalue weighted by Gasteiger charge is 2.52. The van der Waals surface area contributed by atoms with Crippen molar-refractivity contribution < 1.29 is 106 Å². The molecule has 5 N–H and O–H groups in total. The molecule has 12 atom stereocenters. The number of aliphatic hydroxyl groups is 2. The number of Topliss-reactive ketones (excluding diaryl/α,β-unsaturated/α-hetero) is 1. The predicted octanol–water partition coefficient (Wildman–Crippen LogP) is 4.25. The number of hydrogen-bond acceptors (Lipinski definition) is 22. The van der Waals surface area contributed by atoms with Gasteiger partial charge in [0.25, 0.3) is 5.91 Å². The fourth-order valence-corrected chi connectivity index (χ4v) is 9.53. The first-order valence-corrected chi connectivity index (χ1v) is 27.7. The predicted molar refractivity (Wildman–Crippen MR) is 305 cm³/mol. The Kier molecular flexibility index (Phi) is 34.7. The van der Waals surface area contributed by atoms with E-state index < -0.39 is 126 Å². The van der Waals surface area contributed by atoms with Crippen LogP contribution in [-0.4, -0.2) is 194 Å². The maximum atomic E-state index is 13.6. The lowest BCUT2D eigenvalue weighted by atomic mass is 9.75. The third-order valence-corrected chi connectivity index (χ3v) is 14.2. The number of anilines is 2. The molecule has 0 aromatic heterocycles. The molecule has 0 aliphatic carbocycles. The first-order chi connectivity index (χ1) is 39.7. The number of carboxylic acids is 2. The van der Waals surface area contributed by atoms with Crippen molar-refractivity contribution in [3.63, 3.8) is 0 Å². The number of ketones is 1. The smallest absolute Gasteiger partial charge is 0.320 e. The van der Waals surface area contributed by atoms with E-state index in [0.717, 1.165) is 18.5 Å². The van der Waals surface area contributed by atoms with Gasteiger partial charge in [-0.1, -0.05) is 27.7 Å². The quantitative estimate of drug-likeness (QED) is 0.0232. The fourth-order valence-electron chi connectivity index (χ4n) is 9.53. The standard InChI is InChI=1S/C36H52N2O15.C12H17NO2.C9H14O4.C2H6O/c1-9-24(48-6)28(35(46)52-16-15-37-30(39)20-11-13-21(14-12-20)38(4)5)22(31(40)41)18-26(50-8)29(34(45)51-10-2)23(32(42)43)17-25(49-7)27-19(3)33(44)53-36(27)47;1-13(2)11-7-5-10(6-8-11)12(15)4-3-9-14;1-4-6(12-3)7-5(2)8(10)13-9(7)11;1-2-3/h11-14,19,22-29H,9-10,15-18H2,1-8H3,(H,37,39)(H,40,41)(H,42,43);5-8,14H,3-4,9H2,1-2H3;5-7H,4H2,1-3H3;3H,2H2,1H3. The van der Waals surface area contributed by atoms with E-state index in [9.17, 15) is 58.2 Å². The van der Waals surface area contributed by atoms with Gasteiger partial charge in [0, 0.05) is 98.8 Å². The Bertz CT molecular complexity index is 2410. The number of esters is 6. The summed E-state index contributed by atoms with van der Waals surface area (Å²) in [6, 6.07) is 14.3. The molecule has 84 heavy (non-hydrogen) atoms. The van der Waals surface area contributed by atoms with Crippen molar-refractivity contribution in [1.82, 2.24) is 5.32 Å². The van der Waals surface area contributed by atoms with Gasteiger partial charge in [0.05, 0.1) is 84.9 Å². The summed E-state index contributed by atoms with van der Waals surface area (Å²) in [5, 5.41) is 39.7. The highest BCUT2D eigenvalue weighted by atomic mass is 16.6. The van der Waals surface area contributed by atoms with Crippen molar-refractivity contribution in [1.29, 1.82) is 0 Å². The average Bonchev–Trinajstić information content (AvgIpc) is 4.01. The van der Waals surface area contributed by atoms with Crippen molar-refractivity contribution in [2.24, 2.45) is 47.3 Å². The number of carbonyl (C=O) groups is 10. The Morgan fingerprint density at radius 1 is 0.583 bits per heavy atom. The lowest BCUT2D eigenvalue weighted by molar-refractivity contribution is -0.172. The molecule has 2 aromatic carbocycles. The summed E-state index contributed by atoms with van der Waals surface area (Å²) >= 11 is 0. The topological polar surface area (TPSA) is 344 Å². The number of hydrogen-bond donors (Lipinski definition) is 5. The fraction of sp³-hybridized carbons (Fsp3) is 0.627. The van der Waals surface area contributed by atoms with Gasteiger partial charge in [-0.2, -0.15) is 0 Å². The molecule has 25 heteroatoms. The summed E-state index contributed by atoms with van der Waals surface area (Å²) in [6.45, 7) is 9.62. The molecule has 472 valence electrons. The molecule has 4 rings (SSSR count). The minimum atomic E-state index is -1.67. The van der Waals surface area contributed by atoms with E-state index in [-0.39, 0.29) is 57.2 Å². The number of aliphatic carboxylic acids is 2. The van der Waals surface area contributed by atoms with Crippen LogP contribution in [0.5, 0.6) is 0 Å². The molecule has 12 unspecified atom stereocenters. The normalized spacial score (nSPS) is 19.0. The summed E-state index contributed by atoms with van der Waals surface area (Å²) in [6.07, 6.45) is -3.12. The average molecular weight is 1190 g/mol. The summed E-state index contributed by atoms with van der Waals surface area (Å²) in [7, 11) is 12.8. The molecule has 0 spiro atoms. The number of carboxylic acid groups (broad SMARTS) is 2. The Balaban J connectivity index is 0.000000910. The van der Waals surface area contributed by atoms with Gasteiger partial charge in [-0.3, -0.25) is 47.9 Å². The molecule has 2 aliphatic heterocycles. The Hall–Kier alpha value is -6.90. The van der Waals surface area contributed by atoms with E-state index in [0.29, 0.717) is 30.4 Å². The van der Waals surface area contributed by atoms with Crippen LogP contribution in [0.15, 0.2) is 48.5 Å². The molecule has 2 aliphatic rings. The highest BCUT2D eigenvalue weighted by Crippen LogP contribution is 2.37. The zero-order valence-corrected chi connectivity index (χ0v) is 50.9. The molecule has 2 saturated heterocycles. The van der Waals surface area contributed by atoms with Crippen LogP contribution in [-0.2, 0) is 76.3 Å². The number of nitrogens with one attached hydrogen (secondary N) is 1. The second-order valence-corrected chi connectivity index (χ2v) is 20.1. The Morgan fingerprint density at radius 3 is 1.38 bits per heavy atom. The molecule has 0 bridgehead atoms. The maximum absolute atomic E-state index is 13.6. The number of aliphatic hydroxyl groups excluding tert-OH is 2. The lowest BCUT2D eigenvalue weighted by Gasteiger charge is -2.35. The molecule has 25 nitrogen and oxygen atoms in total. The van der Waals surface area contributed by atoms with Crippen molar-refractivity contribution >= 4 is 70.8 Å². The number of benzene rings is 2. The minimum absolute atomic E-state index is 0.0710.